The summed E-state index contributed by atoms with van der Waals surface area (Å²) in [5.41, 5.74) is 0. The Morgan fingerprint density at radius 3 is 2.52 bits per heavy atom. The maximum atomic E-state index is 13.2. The average Bonchev–Trinajstić information content (AvgIpc) is 3.37. The number of carboxylic acid groups (broad SMARTS) is 1. The van der Waals surface area contributed by atoms with E-state index in [9.17, 15) is 19.5 Å². The molecule has 0 aromatic carbocycles. The molecule has 0 unspecified atom stereocenters. The van der Waals surface area contributed by atoms with Crippen LogP contribution in [0.25, 0.3) is 0 Å². The van der Waals surface area contributed by atoms with Crippen LogP contribution in [0.4, 0.5) is 0 Å². The molecule has 152 valence electrons. The molecule has 0 aromatic heterocycles. The Balaban J connectivity index is 1.69. The Labute approximate surface area is 160 Å². The first-order valence-electron chi connectivity index (χ1n) is 10.4. The zero-order valence-corrected chi connectivity index (χ0v) is 16.4. The molecule has 2 saturated carbocycles. The number of nitrogens with zero attached hydrogens (tertiary/aromatic N) is 1. The topological polar surface area (TPSA) is 95.9 Å². The molecule has 2 N–H and O–H groups in total. The van der Waals surface area contributed by atoms with E-state index in [1.165, 1.54) is 0 Å². The summed E-state index contributed by atoms with van der Waals surface area (Å²) >= 11 is 0. The van der Waals surface area contributed by atoms with Gasteiger partial charge in [0.1, 0.15) is 12.1 Å². The van der Waals surface area contributed by atoms with Gasteiger partial charge in [-0.3, -0.25) is 14.9 Å². The van der Waals surface area contributed by atoms with Crippen molar-refractivity contribution in [2.45, 2.75) is 89.4 Å². The molecule has 2 aliphatic carbocycles. The van der Waals surface area contributed by atoms with Gasteiger partial charge >= 0.3 is 11.9 Å². The van der Waals surface area contributed by atoms with Gasteiger partial charge in [-0.05, 0) is 51.4 Å². The van der Waals surface area contributed by atoms with Crippen LogP contribution in [-0.2, 0) is 19.1 Å². The molecule has 1 amide bonds. The monoisotopic (exact) mass is 380 g/mol. The van der Waals surface area contributed by atoms with E-state index in [1.54, 1.807) is 18.7 Å². The maximum absolute atomic E-state index is 13.2. The molecular formula is C20H32N2O5. The number of esters is 1. The highest BCUT2D eigenvalue weighted by Gasteiger charge is 2.48. The minimum absolute atomic E-state index is 0.0149. The molecule has 0 spiro atoms. The van der Waals surface area contributed by atoms with Crippen LogP contribution >= 0.6 is 0 Å². The standard InChI is InChI=1S/C20H32N2O5/c1-3-27-20(26)15(10-13-8-9-13)21-12(2)18(23)22-16-7-5-4-6-14(16)11-17(22)19(24)25/h12-17,21H,3-11H2,1-2H3,(H,24,25)/t12-,14-,15-,16-,17-/m0/s1. The number of likely N-dealkylation sites (tertiary alicyclic amines) is 1. The number of amides is 1. The second kappa shape index (κ2) is 8.59. The second-order valence-electron chi connectivity index (χ2n) is 8.32. The minimum Gasteiger partial charge on any atom is -0.480 e. The molecule has 1 aliphatic heterocycles. The Morgan fingerprint density at radius 1 is 1.19 bits per heavy atom. The van der Waals surface area contributed by atoms with Gasteiger partial charge in [-0.2, -0.15) is 0 Å². The smallest absolute Gasteiger partial charge is 0.326 e. The van der Waals surface area contributed by atoms with Gasteiger partial charge < -0.3 is 14.7 Å². The first kappa shape index (κ1) is 20.1. The molecule has 7 nitrogen and oxygen atoms in total. The zero-order valence-electron chi connectivity index (χ0n) is 16.4. The normalized spacial score (nSPS) is 29.7. The Morgan fingerprint density at radius 2 is 1.89 bits per heavy atom. The zero-order chi connectivity index (χ0) is 19.6. The molecule has 7 heteroatoms. The molecule has 3 aliphatic rings. The predicted molar refractivity (Wildman–Crippen MR) is 99.0 cm³/mol. The van der Waals surface area contributed by atoms with Crippen LogP contribution in [-0.4, -0.2) is 58.6 Å². The Hall–Kier alpha value is -1.63. The molecular weight excluding hydrogens is 348 g/mol. The SMILES string of the molecule is CCOC(=O)[C@H](CC1CC1)N[C@@H](C)C(=O)N1[C@H](C(=O)O)C[C@@H]2CCCC[C@@H]21. The largest absolute Gasteiger partial charge is 0.480 e. The molecule has 0 aromatic rings. The number of hydrogen-bond acceptors (Lipinski definition) is 5. The lowest BCUT2D eigenvalue weighted by atomic mass is 9.84. The minimum atomic E-state index is -0.926. The van der Waals surface area contributed by atoms with E-state index in [0.29, 0.717) is 25.4 Å². The van der Waals surface area contributed by atoms with Crippen LogP contribution < -0.4 is 5.32 Å². The molecule has 27 heavy (non-hydrogen) atoms. The fraction of sp³-hybridized carbons (Fsp3) is 0.850. The van der Waals surface area contributed by atoms with Crippen molar-refractivity contribution in [3.05, 3.63) is 0 Å². The Kier molecular flexibility index (Phi) is 6.40. The maximum Gasteiger partial charge on any atom is 0.326 e. The van der Waals surface area contributed by atoms with Gasteiger partial charge in [0.2, 0.25) is 5.91 Å². The summed E-state index contributed by atoms with van der Waals surface area (Å²) in [6.45, 7) is 3.81. The van der Waals surface area contributed by atoms with E-state index in [0.717, 1.165) is 38.5 Å². The van der Waals surface area contributed by atoms with Crippen molar-refractivity contribution in [1.82, 2.24) is 10.2 Å². The number of carbonyl (C=O) groups excluding carboxylic acids is 2. The number of nitrogens with one attached hydrogen (secondary N) is 1. The van der Waals surface area contributed by atoms with Crippen molar-refractivity contribution in [2.75, 3.05) is 6.61 Å². The fourth-order valence-electron chi connectivity index (χ4n) is 4.76. The number of hydrogen-bond donors (Lipinski definition) is 2. The lowest BCUT2D eigenvalue weighted by molar-refractivity contribution is -0.152. The van der Waals surface area contributed by atoms with Crippen molar-refractivity contribution in [3.8, 4) is 0 Å². The van der Waals surface area contributed by atoms with Gasteiger partial charge in [-0.1, -0.05) is 25.7 Å². The molecule has 5 atom stereocenters. The molecule has 1 heterocycles. The Bertz CT molecular complexity index is 577. The highest BCUT2D eigenvalue weighted by Crippen LogP contribution is 2.40. The van der Waals surface area contributed by atoms with Crippen LogP contribution in [0, 0.1) is 11.8 Å². The van der Waals surface area contributed by atoms with Crippen LogP contribution in [0.15, 0.2) is 0 Å². The predicted octanol–water partition coefficient (Wildman–Crippen LogP) is 1.94. The molecule has 1 saturated heterocycles. The van der Waals surface area contributed by atoms with Crippen LogP contribution in [0.1, 0.15) is 65.2 Å². The fourth-order valence-corrected chi connectivity index (χ4v) is 4.76. The summed E-state index contributed by atoms with van der Waals surface area (Å²) in [7, 11) is 0. The van der Waals surface area contributed by atoms with Gasteiger partial charge in [-0.25, -0.2) is 4.79 Å². The summed E-state index contributed by atoms with van der Waals surface area (Å²) in [6.07, 6.45) is 7.44. The first-order valence-corrected chi connectivity index (χ1v) is 10.4. The highest BCUT2D eigenvalue weighted by molar-refractivity contribution is 5.88. The number of carboxylic acids is 1. The molecule has 0 bridgehead atoms. The average molecular weight is 380 g/mol. The van der Waals surface area contributed by atoms with Crippen molar-refractivity contribution in [3.63, 3.8) is 0 Å². The number of rotatable bonds is 8. The third kappa shape index (κ3) is 4.62. The van der Waals surface area contributed by atoms with Gasteiger partial charge in [0, 0.05) is 6.04 Å². The second-order valence-corrected chi connectivity index (χ2v) is 8.32. The van der Waals surface area contributed by atoms with E-state index in [1.807, 2.05) is 0 Å². The van der Waals surface area contributed by atoms with E-state index < -0.39 is 24.1 Å². The summed E-state index contributed by atoms with van der Waals surface area (Å²) < 4.78 is 5.16. The summed E-state index contributed by atoms with van der Waals surface area (Å²) in [4.78, 5) is 38.8. The first-order chi connectivity index (χ1) is 12.9. The van der Waals surface area contributed by atoms with Crippen molar-refractivity contribution in [1.29, 1.82) is 0 Å². The lowest BCUT2D eigenvalue weighted by Crippen LogP contribution is -2.55. The lowest BCUT2D eigenvalue weighted by Gasteiger charge is -2.35. The van der Waals surface area contributed by atoms with Gasteiger partial charge in [-0.15, -0.1) is 0 Å². The van der Waals surface area contributed by atoms with Crippen LogP contribution in [0.3, 0.4) is 0 Å². The van der Waals surface area contributed by atoms with Crippen molar-refractivity contribution < 1.29 is 24.2 Å². The summed E-state index contributed by atoms with van der Waals surface area (Å²) in [5.74, 6) is -0.665. The third-order valence-corrected chi connectivity index (χ3v) is 6.29. The number of fused-ring (bicyclic) bond motifs is 1. The van der Waals surface area contributed by atoms with Crippen molar-refractivity contribution >= 4 is 17.8 Å². The number of carbonyl (C=O) groups is 3. The van der Waals surface area contributed by atoms with Gasteiger partial charge in [0.05, 0.1) is 12.6 Å². The summed E-state index contributed by atoms with van der Waals surface area (Å²) in [6, 6.07) is -1.86. The molecule has 3 rings (SSSR count). The van der Waals surface area contributed by atoms with E-state index in [-0.39, 0.29) is 23.8 Å². The highest BCUT2D eigenvalue weighted by atomic mass is 16.5. The van der Waals surface area contributed by atoms with Crippen LogP contribution in [0.5, 0.6) is 0 Å². The third-order valence-electron chi connectivity index (χ3n) is 6.29. The van der Waals surface area contributed by atoms with Gasteiger partial charge in [0.25, 0.3) is 0 Å². The quantitative estimate of drug-likeness (QED) is 0.625. The molecule has 3 fully saturated rings. The summed E-state index contributed by atoms with van der Waals surface area (Å²) in [5, 5.41) is 12.8. The van der Waals surface area contributed by atoms with Crippen molar-refractivity contribution in [2.24, 2.45) is 11.8 Å². The molecule has 0 radical (unpaired) electrons. The number of ether oxygens (including phenoxy) is 1. The number of aliphatic carboxylic acids is 1. The van der Waals surface area contributed by atoms with E-state index in [4.69, 9.17) is 4.74 Å². The van der Waals surface area contributed by atoms with Crippen LogP contribution in [0.2, 0.25) is 0 Å². The van der Waals surface area contributed by atoms with Gasteiger partial charge in [0.15, 0.2) is 0 Å². The van der Waals surface area contributed by atoms with E-state index >= 15 is 0 Å². The van der Waals surface area contributed by atoms with E-state index in [2.05, 4.69) is 5.32 Å².